The number of hydrogen-bond donors (Lipinski definition) is 11. The Morgan fingerprint density at radius 3 is 1.62 bits per heavy atom. The molecule has 230 valence electrons. The third kappa shape index (κ3) is 16.7. The summed E-state index contributed by atoms with van der Waals surface area (Å²) in [4.78, 5) is 0. The van der Waals surface area contributed by atoms with Gasteiger partial charge in [0.15, 0.2) is 0 Å². The molecule has 0 saturated heterocycles. The number of phenols is 2. The minimum atomic E-state index is -4.67. The minimum Gasteiger partial charge on any atom is -0.508 e. The van der Waals surface area contributed by atoms with Crippen molar-refractivity contribution in [2.24, 2.45) is 0 Å². The van der Waals surface area contributed by atoms with E-state index in [4.69, 9.17) is 27.7 Å². The van der Waals surface area contributed by atoms with Gasteiger partial charge in [-0.3, -0.25) is 9.11 Å². The Morgan fingerprint density at radius 1 is 0.775 bits per heavy atom. The van der Waals surface area contributed by atoms with E-state index in [1.165, 1.54) is 24.3 Å². The maximum absolute atomic E-state index is 9.99. The average molecular weight is 593 g/mol. The molecule has 0 aromatic heterocycles. The lowest BCUT2D eigenvalue weighted by Gasteiger charge is -2.28. The van der Waals surface area contributed by atoms with Gasteiger partial charge >= 0.3 is 10.4 Å². The topological polar surface area (TPSA) is 240 Å². The largest absolute Gasteiger partial charge is 0.508 e. The van der Waals surface area contributed by atoms with Gasteiger partial charge in [0, 0.05) is 34.3 Å². The van der Waals surface area contributed by atoms with Crippen LogP contribution in [-0.4, -0.2) is 77.4 Å². The Balaban J connectivity index is 0.000000652. The zero-order valence-corrected chi connectivity index (χ0v) is 24.4. The van der Waals surface area contributed by atoms with Crippen LogP contribution in [0.5, 0.6) is 11.5 Å². The molecule has 0 bridgehead atoms. The Morgan fingerprint density at radius 2 is 1.20 bits per heavy atom. The van der Waals surface area contributed by atoms with Crippen molar-refractivity contribution in [2.45, 2.75) is 77.7 Å². The number of β-amino-alcohol motifs (C(OH)–C–C–N with tert-alkyl or cyclic N) is 3. The van der Waals surface area contributed by atoms with E-state index in [1.807, 2.05) is 41.5 Å². The summed E-state index contributed by atoms with van der Waals surface area (Å²) >= 11 is 0. The minimum absolute atomic E-state index is 0.0484. The van der Waals surface area contributed by atoms with Crippen LogP contribution in [-0.2, 0) is 29.4 Å². The maximum atomic E-state index is 9.99. The number of rotatable bonds is 8. The number of aliphatic hydroxyl groups is 5. The van der Waals surface area contributed by atoms with Gasteiger partial charge in [0.2, 0.25) is 5.79 Å². The van der Waals surface area contributed by atoms with Crippen molar-refractivity contribution in [1.82, 2.24) is 10.6 Å². The van der Waals surface area contributed by atoms with Gasteiger partial charge in [-0.1, -0.05) is 6.07 Å². The van der Waals surface area contributed by atoms with Gasteiger partial charge in [-0.25, -0.2) is 0 Å². The fourth-order valence-electron chi connectivity index (χ4n) is 2.91. The van der Waals surface area contributed by atoms with E-state index < -0.39 is 22.3 Å². The maximum Gasteiger partial charge on any atom is 0.394 e. The standard InChI is InChI=1S/C13H21NO4.C13H21NO3.H2O4S/c1-12(2,3)14-8-13(17,18)10-4-5-11(16)9(6-10)7-15;1-13(2,3)14-7-12(17)9-4-5-11(16)10(6-9)8-15;1-5(2,3)4/h4-6,14-18H,7-8H2,1-3H3;4-6,12,14-17H,7-8H2,1-3H3;(H2,1,2,3,4). The van der Waals surface area contributed by atoms with Crippen molar-refractivity contribution in [2.75, 3.05) is 13.1 Å². The molecule has 13 nitrogen and oxygen atoms in total. The second-order valence-electron chi connectivity index (χ2n) is 11.1. The van der Waals surface area contributed by atoms with Gasteiger partial charge < -0.3 is 46.4 Å². The van der Waals surface area contributed by atoms with Crippen LogP contribution in [0.1, 0.15) is 69.9 Å². The molecule has 0 aliphatic heterocycles. The Bertz CT molecular complexity index is 1150. The van der Waals surface area contributed by atoms with Crippen LogP contribution in [0.3, 0.4) is 0 Å². The third-order valence-electron chi connectivity index (χ3n) is 5.06. The molecule has 2 aromatic carbocycles. The van der Waals surface area contributed by atoms with E-state index in [0.29, 0.717) is 17.7 Å². The molecule has 0 heterocycles. The highest BCUT2D eigenvalue weighted by molar-refractivity contribution is 7.79. The van der Waals surface area contributed by atoms with E-state index in [9.17, 15) is 25.5 Å². The summed E-state index contributed by atoms with van der Waals surface area (Å²) in [5.41, 5.74) is 1.29. The number of benzene rings is 2. The third-order valence-corrected chi connectivity index (χ3v) is 5.06. The van der Waals surface area contributed by atoms with Crippen LogP contribution in [0.2, 0.25) is 0 Å². The molecule has 0 spiro atoms. The number of hydrogen-bond acceptors (Lipinski definition) is 11. The molecule has 0 radical (unpaired) electrons. The first kappa shape index (κ1) is 37.6. The van der Waals surface area contributed by atoms with Crippen LogP contribution in [0.25, 0.3) is 0 Å². The van der Waals surface area contributed by atoms with E-state index in [0.717, 1.165) is 0 Å². The molecule has 11 N–H and O–H groups in total. The average Bonchev–Trinajstić information content (AvgIpc) is 2.80. The van der Waals surface area contributed by atoms with Crippen LogP contribution in [0.15, 0.2) is 36.4 Å². The second-order valence-corrected chi connectivity index (χ2v) is 12.0. The van der Waals surface area contributed by atoms with Crippen molar-refractivity contribution in [3.8, 4) is 11.5 Å². The molecule has 0 aliphatic rings. The molecule has 0 aliphatic carbocycles. The normalized spacial score (nSPS) is 13.0. The summed E-state index contributed by atoms with van der Waals surface area (Å²) in [7, 11) is -4.67. The fourth-order valence-corrected chi connectivity index (χ4v) is 2.91. The van der Waals surface area contributed by atoms with Gasteiger partial charge in [-0.05, 0) is 77.4 Å². The van der Waals surface area contributed by atoms with Crippen molar-refractivity contribution < 1.29 is 53.3 Å². The molecule has 0 amide bonds. The highest BCUT2D eigenvalue weighted by Gasteiger charge is 2.28. The molecule has 0 saturated carbocycles. The SMILES string of the molecule is CC(C)(C)NCC(O)(O)c1ccc(O)c(CO)c1.CC(C)(C)NCC(O)c1ccc(O)c(CO)c1.O=S(=O)(O)O. The van der Waals surface area contributed by atoms with E-state index >= 15 is 0 Å². The second kappa shape index (κ2) is 15.6. The molecule has 2 rings (SSSR count). The molecular formula is C26H44N2O11S. The van der Waals surface area contributed by atoms with Crippen LogP contribution >= 0.6 is 0 Å². The highest BCUT2D eigenvalue weighted by Crippen LogP contribution is 2.25. The fraction of sp³-hybridized carbons (Fsp3) is 0.538. The van der Waals surface area contributed by atoms with Gasteiger partial charge in [-0.15, -0.1) is 0 Å². The molecule has 0 fully saturated rings. The molecular weight excluding hydrogens is 548 g/mol. The molecule has 1 unspecified atom stereocenters. The van der Waals surface area contributed by atoms with Gasteiger partial charge in [-0.2, -0.15) is 8.42 Å². The van der Waals surface area contributed by atoms with Gasteiger partial charge in [0.25, 0.3) is 0 Å². The first-order chi connectivity index (χ1) is 18.0. The highest BCUT2D eigenvalue weighted by atomic mass is 32.3. The molecule has 2 aromatic rings. The number of aliphatic hydroxyl groups excluding tert-OH is 3. The summed E-state index contributed by atoms with van der Waals surface area (Å²) in [6.07, 6.45) is -0.653. The lowest BCUT2D eigenvalue weighted by Crippen LogP contribution is -2.46. The summed E-state index contributed by atoms with van der Waals surface area (Å²) < 4.78 is 31.6. The lowest BCUT2D eigenvalue weighted by molar-refractivity contribution is -0.167. The smallest absolute Gasteiger partial charge is 0.394 e. The first-order valence-corrected chi connectivity index (χ1v) is 13.6. The van der Waals surface area contributed by atoms with Crippen molar-refractivity contribution in [1.29, 1.82) is 0 Å². The monoisotopic (exact) mass is 592 g/mol. The summed E-state index contributed by atoms with van der Waals surface area (Å²) in [5.74, 6) is -2.07. The zero-order chi connectivity index (χ0) is 31.5. The van der Waals surface area contributed by atoms with Crippen molar-refractivity contribution in [3.63, 3.8) is 0 Å². The van der Waals surface area contributed by atoms with E-state index in [2.05, 4.69) is 10.6 Å². The molecule has 14 heteroatoms. The van der Waals surface area contributed by atoms with E-state index in [1.54, 1.807) is 12.1 Å². The Hall–Kier alpha value is -2.37. The van der Waals surface area contributed by atoms with Crippen molar-refractivity contribution in [3.05, 3.63) is 58.7 Å². The van der Waals surface area contributed by atoms with Crippen molar-refractivity contribution >= 4 is 10.4 Å². The molecule has 40 heavy (non-hydrogen) atoms. The summed E-state index contributed by atoms with van der Waals surface area (Å²) in [6.45, 7) is 11.6. The lowest BCUT2D eigenvalue weighted by atomic mass is 10.0. The summed E-state index contributed by atoms with van der Waals surface area (Å²) in [6, 6.07) is 8.88. The van der Waals surface area contributed by atoms with E-state index in [-0.39, 0.29) is 53.5 Å². The molecule has 1 atom stereocenters. The van der Waals surface area contributed by atoms with Gasteiger partial charge in [0.05, 0.1) is 25.9 Å². The van der Waals surface area contributed by atoms with Crippen LogP contribution in [0.4, 0.5) is 0 Å². The van der Waals surface area contributed by atoms with Crippen LogP contribution in [0, 0.1) is 0 Å². The Labute approximate surface area is 235 Å². The first-order valence-electron chi connectivity index (χ1n) is 12.2. The predicted molar refractivity (Wildman–Crippen MR) is 149 cm³/mol. The number of aromatic hydroxyl groups is 2. The zero-order valence-electron chi connectivity index (χ0n) is 23.6. The Kier molecular flexibility index (Phi) is 14.7. The van der Waals surface area contributed by atoms with Crippen LogP contribution < -0.4 is 10.6 Å². The summed E-state index contributed by atoms with van der Waals surface area (Å²) in [5, 5.41) is 73.0. The number of nitrogens with one attached hydrogen (secondary N) is 2. The predicted octanol–water partition coefficient (Wildman–Crippen LogP) is 1.06. The van der Waals surface area contributed by atoms with Gasteiger partial charge in [0.1, 0.15) is 11.5 Å². The quantitative estimate of drug-likeness (QED) is 0.152.